The highest BCUT2D eigenvalue weighted by Gasteiger charge is 2.30. The van der Waals surface area contributed by atoms with Crippen molar-refractivity contribution >= 4 is 11.6 Å². The van der Waals surface area contributed by atoms with E-state index in [0.717, 1.165) is 12.8 Å². The molecule has 0 heterocycles. The van der Waals surface area contributed by atoms with Crippen LogP contribution in [0.2, 0.25) is 0 Å². The third-order valence-corrected chi connectivity index (χ3v) is 4.49. The first kappa shape index (κ1) is 15.7. The van der Waals surface area contributed by atoms with Gasteiger partial charge < -0.3 is 15.4 Å². The summed E-state index contributed by atoms with van der Waals surface area (Å²) in [6.45, 7) is 4.69. The molecule has 1 aromatic carbocycles. The van der Waals surface area contributed by atoms with E-state index in [1.807, 2.05) is 11.9 Å². The van der Waals surface area contributed by atoms with Gasteiger partial charge in [0.2, 0.25) is 0 Å². The molecule has 1 aromatic rings. The van der Waals surface area contributed by atoms with Crippen molar-refractivity contribution in [1.82, 2.24) is 4.90 Å². The zero-order chi connectivity index (χ0) is 15.5. The summed E-state index contributed by atoms with van der Waals surface area (Å²) in [4.78, 5) is 14.1. The van der Waals surface area contributed by atoms with E-state index in [9.17, 15) is 4.79 Å². The molecule has 0 aliphatic heterocycles. The quantitative estimate of drug-likeness (QED) is 0.867. The van der Waals surface area contributed by atoms with Crippen LogP contribution in [-0.4, -0.2) is 30.5 Å². The molecule has 1 aliphatic carbocycles. The molecule has 2 N–H and O–H groups in total. The van der Waals surface area contributed by atoms with Gasteiger partial charge in [0.05, 0.1) is 0 Å². The van der Waals surface area contributed by atoms with Crippen LogP contribution in [0.15, 0.2) is 24.3 Å². The van der Waals surface area contributed by atoms with Crippen molar-refractivity contribution in [1.29, 1.82) is 0 Å². The molecule has 0 saturated heterocycles. The van der Waals surface area contributed by atoms with Crippen molar-refractivity contribution in [2.45, 2.75) is 45.6 Å². The van der Waals surface area contributed by atoms with Crippen LogP contribution in [-0.2, 0) is 4.79 Å². The maximum absolute atomic E-state index is 12.2. The molecule has 4 nitrogen and oxygen atoms in total. The van der Waals surface area contributed by atoms with Gasteiger partial charge in [0.1, 0.15) is 5.75 Å². The zero-order valence-electron chi connectivity index (χ0n) is 13.3. The van der Waals surface area contributed by atoms with E-state index in [2.05, 4.69) is 13.8 Å². The molecule has 4 heteroatoms. The van der Waals surface area contributed by atoms with Crippen LogP contribution in [0.4, 0.5) is 5.69 Å². The molecule has 0 spiro atoms. The Kier molecular flexibility index (Phi) is 4.76. The second kappa shape index (κ2) is 6.37. The van der Waals surface area contributed by atoms with Crippen LogP contribution >= 0.6 is 0 Å². The van der Waals surface area contributed by atoms with Gasteiger partial charge in [0.15, 0.2) is 6.61 Å². The number of amides is 1. The van der Waals surface area contributed by atoms with Gasteiger partial charge in [-0.25, -0.2) is 0 Å². The maximum Gasteiger partial charge on any atom is 0.260 e. The van der Waals surface area contributed by atoms with Crippen molar-refractivity contribution < 1.29 is 9.53 Å². The number of ether oxygens (including phenoxy) is 1. The molecular weight excluding hydrogens is 264 g/mol. The highest BCUT2D eigenvalue weighted by atomic mass is 16.5. The number of nitrogen functional groups attached to an aromatic ring is 1. The molecule has 1 fully saturated rings. The minimum Gasteiger partial charge on any atom is -0.484 e. The molecule has 0 radical (unpaired) electrons. The minimum absolute atomic E-state index is 0.0385. The van der Waals surface area contributed by atoms with Crippen LogP contribution < -0.4 is 10.5 Å². The standard InChI is InChI=1S/C17H26N2O2/c1-17(2)10-8-14(9-11-17)19(3)16(20)12-21-15-6-4-13(18)5-7-15/h4-7,14H,8-12,18H2,1-3H3. The lowest BCUT2D eigenvalue weighted by atomic mass is 9.75. The molecule has 1 saturated carbocycles. The van der Waals surface area contributed by atoms with Gasteiger partial charge in [-0.3, -0.25) is 4.79 Å². The maximum atomic E-state index is 12.2. The van der Waals surface area contributed by atoms with Crippen molar-refractivity contribution in [3.05, 3.63) is 24.3 Å². The van der Waals surface area contributed by atoms with Gasteiger partial charge in [-0.1, -0.05) is 13.8 Å². The lowest BCUT2D eigenvalue weighted by Crippen LogP contribution is -2.42. The van der Waals surface area contributed by atoms with Gasteiger partial charge in [0.25, 0.3) is 5.91 Å². The van der Waals surface area contributed by atoms with E-state index in [1.54, 1.807) is 24.3 Å². The summed E-state index contributed by atoms with van der Waals surface area (Å²) in [5.74, 6) is 0.715. The van der Waals surface area contributed by atoms with E-state index in [0.29, 0.717) is 22.9 Å². The molecule has 1 amide bonds. The van der Waals surface area contributed by atoms with Gasteiger partial charge in [-0.15, -0.1) is 0 Å². The Morgan fingerprint density at radius 3 is 2.43 bits per heavy atom. The summed E-state index contributed by atoms with van der Waals surface area (Å²) in [5.41, 5.74) is 6.73. The fourth-order valence-corrected chi connectivity index (χ4v) is 2.79. The number of anilines is 1. The first-order valence-corrected chi connectivity index (χ1v) is 7.61. The van der Waals surface area contributed by atoms with Crippen LogP contribution in [0, 0.1) is 5.41 Å². The highest BCUT2D eigenvalue weighted by molar-refractivity contribution is 5.77. The number of carbonyl (C=O) groups is 1. The van der Waals surface area contributed by atoms with Crippen molar-refractivity contribution in [3.63, 3.8) is 0 Å². The normalized spacial score (nSPS) is 18.2. The summed E-state index contributed by atoms with van der Waals surface area (Å²) in [6, 6.07) is 7.46. The summed E-state index contributed by atoms with van der Waals surface area (Å²) in [6.07, 6.45) is 4.51. The van der Waals surface area contributed by atoms with Gasteiger partial charge >= 0.3 is 0 Å². The second-order valence-corrected chi connectivity index (χ2v) is 6.76. The monoisotopic (exact) mass is 290 g/mol. The largest absolute Gasteiger partial charge is 0.484 e. The van der Waals surface area contributed by atoms with Crippen molar-refractivity contribution in [2.24, 2.45) is 5.41 Å². The predicted molar refractivity (Wildman–Crippen MR) is 85.2 cm³/mol. The summed E-state index contributed by atoms with van der Waals surface area (Å²) in [5, 5.41) is 0. The molecule has 2 rings (SSSR count). The molecule has 21 heavy (non-hydrogen) atoms. The number of hydrogen-bond donors (Lipinski definition) is 1. The zero-order valence-corrected chi connectivity index (χ0v) is 13.3. The highest BCUT2D eigenvalue weighted by Crippen LogP contribution is 2.36. The molecule has 116 valence electrons. The Labute approximate surface area is 127 Å². The Morgan fingerprint density at radius 1 is 1.29 bits per heavy atom. The Bertz CT molecular complexity index is 472. The summed E-state index contributed by atoms with van der Waals surface area (Å²) < 4.78 is 5.53. The Balaban J connectivity index is 1.81. The van der Waals surface area contributed by atoms with E-state index in [-0.39, 0.29) is 12.5 Å². The third-order valence-electron chi connectivity index (χ3n) is 4.49. The Morgan fingerprint density at radius 2 is 1.86 bits per heavy atom. The SMILES string of the molecule is CN(C(=O)COc1ccc(N)cc1)C1CCC(C)(C)CC1. The summed E-state index contributed by atoms with van der Waals surface area (Å²) in [7, 11) is 1.89. The van der Waals surface area contributed by atoms with Gasteiger partial charge in [-0.05, 0) is 55.4 Å². The molecule has 0 atom stereocenters. The number of hydrogen-bond acceptors (Lipinski definition) is 3. The molecule has 1 aliphatic rings. The molecule has 0 bridgehead atoms. The number of carbonyl (C=O) groups excluding carboxylic acids is 1. The number of benzene rings is 1. The smallest absolute Gasteiger partial charge is 0.260 e. The van der Waals surface area contributed by atoms with E-state index < -0.39 is 0 Å². The molecular formula is C17H26N2O2. The first-order chi connectivity index (χ1) is 9.87. The number of nitrogens with two attached hydrogens (primary N) is 1. The second-order valence-electron chi connectivity index (χ2n) is 6.76. The van der Waals surface area contributed by atoms with Crippen LogP contribution in [0.1, 0.15) is 39.5 Å². The van der Waals surface area contributed by atoms with E-state index in [4.69, 9.17) is 10.5 Å². The van der Waals surface area contributed by atoms with Gasteiger partial charge in [0, 0.05) is 18.8 Å². The lowest BCUT2D eigenvalue weighted by Gasteiger charge is -2.38. The van der Waals surface area contributed by atoms with E-state index in [1.165, 1.54) is 12.8 Å². The number of nitrogens with zero attached hydrogens (tertiary/aromatic N) is 1. The Hall–Kier alpha value is -1.71. The minimum atomic E-state index is 0.0385. The summed E-state index contributed by atoms with van der Waals surface area (Å²) >= 11 is 0. The van der Waals surface area contributed by atoms with Crippen LogP contribution in [0.25, 0.3) is 0 Å². The fraction of sp³-hybridized carbons (Fsp3) is 0.588. The van der Waals surface area contributed by atoms with Gasteiger partial charge in [-0.2, -0.15) is 0 Å². The van der Waals surface area contributed by atoms with E-state index >= 15 is 0 Å². The van der Waals surface area contributed by atoms with Crippen LogP contribution in [0.5, 0.6) is 5.75 Å². The van der Waals surface area contributed by atoms with Crippen molar-refractivity contribution in [3.8, 4) is 5.75 Å². The third kappa shape index (κ3) is 4.38. The average molecular weight is 290 g/mol. The lowest BCUT2D eigenvalue weighted by molar-refractivity contribution is -0.135. The molecule has 0 unspecified atom stereocenters. The predicted octanol–water partition coefficient (Wildman–Crippen LogP) is 3.07. The number of likely N-dealkylation sites (N-methyl/N-ethyl adjacent to an activating group) is 1. The number of rotatable bonds is 4. The first-order valence-electron chi connectivity index (χ1n) is 7.61. The fourth-order valence-electron chi connectivity index (χ4n) is 2.79. The molecule has 0 aromatic heterocycles. The van der Waals surface area contributed by atoms with Crippen LogP contribution in [0.3, 0.4) is 0 Å². The average Bonchev–Trinajstić information content (AvgIpc) is 2.45. The van der Waals surface area contributed by atoms with Crippen molar-refractivity contribution in [2.75, 3.05) is 19.4 Å². The topological polar surface area (TPSA) is 55.6 Å².